The van der Waals surface area contributed by atoms with E-state index in [0.29, 0.717) is 40.4 Å². The molecule has 2 heterocycles. The van der Waals surface area contributed by atoms with Gasteiger partial charge in [-0.25, -0.2) is 9.89 Å². The molecule has 2 N–H and O–H groups in total. The second kappa shape index (κ2) is 11.7. The third kappa shape index (κ3) is 5.79. The van der Waals surface area contributed by atoms with Crippen molar-refractivity contribution < 1.29 is 14.4 Å². The summed E-state index contributed by atoms with van der Waals surface area (Å²) in [4.78, 5) is 49.7. The van der Waals surface area contributed by atoms with Gasteiger partial charge in [0.05, 0.1) is 17.4 Å². The fourth-order valence-corrected chi connectivity index (χ4v) is 5.02. The normalized spacial score (nSPS) is 17.0. The molecule has 2 aliphatic heterocycles. The van der Waals surface area contributed by atoms with Gasteiger partial charge in [0, 0.05) is 22.8 Å². The summed E-state index contributed by atoms with van der Waals surface area (Å²) in [5, 5.41) is 6.20. The molecule has 0 saturated carbocycles. The van der Waals surface area contributed by atoms with Gasteiger partial charge in [-0.2, -0.15) is 0 Å². The molecular weight excluding hydrogens is 498 g/mol. The molecule has 0 spiro atoms. The lowest BCUT2D eigenvalue weighted by Gasteiger charge is -2.27. The highest BCUT2D eigenvalue weighted by molar-refractivity contribution is 8.15. The highest BCUT2D eigenvalue weighted by Crippen LogP contribution is 2.35. The van der Waals surface area contributed by atoms with Crippen molar-refractivity contribution in [1.29, 1.82) is 0 Å². The lowest BCUT2D eigenvalue weighted by Crippen LogP contribution is -2.43. The number of carbonyl (C=O) groups is 3. The highest BCUT2D eigenvalue weighted by Gasteiger charge is 2.43. The number of thioether (sulfide) groups is 1. The van der Waals surface area contributed by atoms with Crippen LogP contribution in [0.1, 0.15) is 45.1 Å². The average Bonchev–Trinajstić information content (AvgIpc) is 3.20. The number of hydrogen-bond acceptors (Lipinski definition) is 6. The third-order valence-corrected chi connectivity index (χ3v) is 7.37. The van der Waals surface area contributed by atoms with Gasteiger partial charge in [0.25, 0.3) is 5.91 Å². The first kappa shape index (κ1) is 25.9. The molecule has 0 aromatic heterocycles. The first-order valence-electron chi connectivity index (χ1n) is 12.0. The zero-order valence-electron chi connectivity index (χ0n) is 20.2. The number of amidine groups is 2. The van der Waals surface area contributed by atoms with E-state index in [-0.39, 0.29) is 24.1 Å². The summed E-state index contributed by atoms with van der Waals surface area (Å²) < 4.78 is 0. The molecule has 0 radical (unpaired) electrons. The van der Waals surface area contributed by atoms with Crippen molar-refractivity contribution in [1.82, 2.24) is 10.2 Å². The summed E-state index contributed by atoms with van der Waals surface area (Å²) in [6, 6.07) is 13.5. The monoisotopic (exact) mass is 525 g/mol. The van der Waals surface area contributed by atoms with Crippen LogP contribution in [0.5, 0.6) is 0 Å². The van der Waals surface area contributed by atoms with Crippen LogP contribution in [0.15, 0.2) is 58.5 Å². The summed E-state index contributed by atoms with van der Waals surface area (Å²) in [5.41, 5.74) is 2.03. The maximum Gasteiger partial charge on any atom is 0.259 e. The molecule has 2 aromatic rings. The van der Waals surface area contributed by atoms with Gasteiger partial charge >= 0.3 is 0 Å². The van der Waals surface area contributed by atoms with E-state index in [2.05, 4.69) is 15.6 Å². The smallest absolute Gasteiger partial charge is 0.259 e. The second-order valence-corrected chi connectivity index (χ2v) is 10.1. The van der Waals surface area contributed by atoms with Crippen molar-refractivity contribution in [3.63, 3.8) is 0 Å². The molecular formula is C26H28ClN5O3S. The predicted octanol–water partition coefficient (Wildman–Crippen LogP) is 4.76. The van der Waals surface area contributed by atoms with Crippen LogP contribution < -0.4 is 10.6 Å². The van der Waals surface area contributed by atoms with E-state index in [1.807, 2.05) is 38.1 Å². The Labute approximate surface area is 219 Å². The number of amides is 3. The number of halogens is 1. The molecule has 8 nitrogen and oxygen atoms in total. The summed E-state index contributed by atoms with van der Waals surface area (Å²) in [6.45, 7) is 4.52. The van der Waals surface area contributed by atoms with E-state index >= 15 is 0 Å². The third-order valence-electron chi connectivity index (χ3n) is 5.80. The van der Waals surface area contributed by atoms with Crippen molar-refractivity contribution in [2.75, 3.05) is 11.9 Å². The van der Waals surface area contributed by atoms with E-state index in [1.165, 1.54) is 16.7 Å². The largest absolute Gasteiger partial charge is 0.356 e. The summed E-state index contributed by atoms with van der Waals surface area (Å²) in [5.74, 6) is -0.264. The second-order valence-electron chi connectivity index (χ2n) is 8.47. The van der Waals surface area contributed by atoms with Gasteiger partial charge < -0.3 is 10.6 Å². The van der Waals surface area contributed by atoms with Crippen molar-refractivity contribution in [3.05, 3.63) is 59.1 Å². The molecule has 0 bridgehead atoms. The zero-order chi connectivity index (χ0) is 25.7. The van der Waals surface area contributed by atoms with Gasteiger partial charge in [0.15, 0.2) is 5.17 Å². The molecule has 0 unspecified atom stereocenters. The number of nitrogens with zero attached hydrogens (tertiary/aromatic N) is 3. The van der Waals surface area contributed by atoms with E-state index in [9.17, 15) is 14.4 Å². The van der Waals surface area contributed by atoms with E-state index in [0.717, 1.165) is 18.4 Å². The topological polar surface area (TPSA) is 103 Å². The minimum Gasteiger partial charge on any atom is -0.356 e. The van der Waals surface area contributed by atoms with Crippen LogP contribution >= 0.6 is 23.4 Å². The van der Waals surface area contributed by atoms with Gasteiger partial charge in [0.2, 0.25) is 11.8 Å². The Morgan fingerprint density at radius 1 is 1.14 bits per heavy atom. The number of para-hydroxylation sites is 1. The molecule has 188 valence electrons. The molecule has 2 aliphatic rings. The Kier molecular flexibility index (Phi) is 8.43. The molecule has 4 rings (SSSR count). The lowest BCUT2D eigenvalue weighted by molar-refractivity contribution is -0.128. The SMILES string of the molecule is CCCCNC(=O)C[C@@H]1N=C2c3ccccc3N=C(S[C@@H](CC)C(=O)Nc3ccc(Cl)cc3)N2C1=O. The minimum absolute atomic E-state index is 0.0308. The maximum absolute atomic E-state index is 13.4. The number of benzene rings is 2. The Bertz CT molecular complexity index is 1210. The van der Waals surface area contributed by atoms with Crippen LogP contribution in [0.3, 0.4) is 0 Å². The van der Waals surface area contributed by atoms with E-state index < -0.39 is 11.3 Å². The van der Waals surface area contributed by atoms with Crippen LogP contribution in [0.4, 0.5) is 11.4 Å². The molecule has 36 heavy (non-hydrogen) atoms. The minimum atomic E-state index is -0.832. The van der Waals surface area contributed by atoms with Gasteiger partial charge in [-0.15, -0.1) is 0 Å². The number of hydrogen-bond donors (Lipinski definition) is 2. The Balaban J connectivity index is 1.55. The number of nitrogens with one attached hydrogen (secondary N) is 2. The first-order chi connectivity index (χ1) is 17.4. The number of fused-ring (bicyclic) bond motifs is 3. The van der Waals surface area contributed by atoms with Crippen molar-refractivity contribution in [3.8, 4) is 0 Å². The standard InChI is InChI=1S/C26H28ClN5O3S/c1-3-5-14-28-22(33)15-20-25(35)32-23(30-20)18-8-6-7-9-19(18)31-26(32)36-21(4-2)24(34)29-17-12-10-16(27)11-13-17/h6-13,20-21H,3-5,14-15H2,1-2H3,(H,28,33)(H,29,34)/t20-,21-/m0/s1. The van der Waals surface area contributed by atoms with Crippen molar-refractivity contribution in [2.45, 2.75) is 50.8 Å². The molecule has 10 heteroatoms. The number of anilines is 1. The fraction of sp³-hybridized carbons (Fsp3) is 0.346. The van der Waals surface area contributed by atoms with E-state index in [4.69, 9.17) is 16.6 Å². The molecule has 2 atom stereocenters. The van der Waals surface area contributed by atoms with Crippen LogP contribution in [0.2, 0.25) is 5.02 Å². The summed E-state index contributed by atoms with van der Waals surface area (Å²) in [6.07, 6.45) is 2.33. The van der Waals surface area contributed by atoms with Crippen LogP contribution in [0, 0.1) is 0 Å². The molecule has 0 aliphatic carbocycles. The van der Waals surface area contributed by atoms with Gasteiger partial charge in [-0.1, -0.05) is 55.8 Å². The van der Waals surface area contributed by atoms with Crippen molar-refractivity contribution >= 4 is 63.5 Å². The number of carbonyl (C=O) groups excluding carboxylic acids is 3. The van der Waals surface area contributed by atoms with Crippen LogP contribution in [0.25, 0.3) is 0 Å². The number of aliphatic imine (C=N–C) groups is 2. The summed E-state index contributed by atoms with van der Waals surface area (Å²) >= 11 is 7.16. The van der Waals surface area contributed by atoms with E-state index in [1.54, 1.807) is 24.3 Å². The molecule has 0 saturated heterocycles. The predicted molar refractivity (Wildman–Crippen MR) is 145 cm³/mol. The maximum atomic E-state index is 13.4. The molecule has 3 amide bonds. The van der Waals surface area contributed by atoms with Crippen molar-refractivity contribution in [2.24, 2.45) is 9.98 Å². The van der Waals surface area contributed by atoms with Crippen LogP contribution in [-0.2, 0) is 14.4 Å². The van der Waals surface area contributed by atoms with Gasteiger partial charge in [-0.3, -0.25) is 19.4 Å². The first-order valence-corrected chi connectivity index (χ1v) is 13.3. The zero-order valence-corrected chi connectivity index (χ0v) is 21.7. The number of unbranched alkanes of at least 4 members (excludes halogenated alkanes) is 1. The van der Waals surface area contributed by atoms with Gasteiger partial charge in [-0.05, 0) is 49.2 Å². The Morgan fingerprint density at radius 3 is 2.61 bits per heavy atom. The number of rotatable bonds is 9. The van der Waals surface area contributed by atoms with Gasteiger partial charge in [0.1, 0.15) is 11.9 Å². The Hall–Kier alpha value is -3.17. The quantitative estimate of drug-likeness (QED) is 0.461. The Morgan fingerprint density at radius 2 is 1.89 bits per heavy atom. The lowest BCUT2D eigenvalue weighted by atomic mass is 10.1. The fourth-order valence-electron chi connectivity index (χ4n) is 3.87. The van der Waals surface area contributed by atoms with Crippen LogP contribution in [-0.4, -0.2) is 51.5 Å². The molecule has 2 aromatic carbocycles. The highest BCUT2D eigenvalue weighted by atomic mass is 35.5. The molecule has 0 fully saturated rings. The summed E-state index contributed by atoms with van der Waals surface area (Å²) in [7, 11) is 0. The average molecular weight is 526 g/mol.